The normalized spacial score (nSPS) is 10.4. The zero-order valence-corrected chi connectivity index (χ0v) is 11.9. The van der Waals surface area contributed by atoms with E-state index in [4.69, 9.17) is 5.73 Å². The van der Waals surface area contributed by atoms with Gasteiger partial charge in [0.25, 0.3) is 0 Å². The van der Waals surface area contributed by atoms with Crippen LogP contribution < -0.4 is 5.73 Å². The van der Waals surface area contributed by atoms with Crippen LogP contribution in [-0.4, -0.2) is 5.78 Å². The first-order chi connectivity index (χ1) is 8.45. The molecule has 0 saturated carbocycles. The largest absolute Gasteiger partial charge is 0.399 e. The van der Waals surface area contributed by atoms with Crippen LogP contribution in [0.4, 0.5) is 5.69 Å². The molecule has 0 aliphatic rings. The number of nitrogen functional groups attached to an aromatic ring is 1. The smallest absolute Gasteiger partial charge is 0.193 e. The molecule has 0 bridgehead atoms. The van der Waals surface area contributed by atoms with E-state index in [0.29, 0.717) is 16.8 Å². The average molecular weight is 304 g/mol. The fourth-order valence-electron chi connectivity index (χ4n) is 2.02. The van der Waals surface area contributed by atoms with Gasteiger partial charge in [0.1, 0.15) is 0 Å². The van der Waals surface area contributed by atoms with Crippen molar-refractivity contribution >= 4 is 27.4 Å². The summed E-state index contributed by atoms with van der Waals surface area (Å²) in [6.07, 6.45) is 0. The molecule has 0 aliphatic heterocycles. The Morgan fingerprint density at radius 1 is 0.944 bits per heavy atom. The van der Waals surface area contributed by atoms with Crippen LogP contribution in [-0.2, 0) is 0 Å². The van der Waals surface area contributed by atoms with Crippen LogP contribution >= 0.6 is 15.9 Å². The number of anilines is 1. The molecule has 0 amide bonds. The number of ketones is 1. The molecule has 18 heavy (non-hydrogen) atoms. The molecule has 0 unspecified atom stereocenters. The molecule has 0 heterocycles. The van der Waals surface area contributed by atoms with Crippen molar-refractivity contribution in [2.75, 3.05) is 5.73 Å². The van der Waals surface area contributed by atoms with Crippen LogP contribution in [0.2, 0.25) is 0 Å². The summed E-state index contributed by atoms with van der Waals surface area (Å²) >= 11 is 3.35. The Balaban J connectivity index is 2.47. The molecule has 92 valence electrons. The van der Waals surface area contributed by atoms with Crippen molar-refractivity contribution in [1.82, 2.24) is 0 Å². The molecule has 0 aliphatic carbocycles. The first kappa shape index (κ1) is 12.8. The van der Waals surface area contributed by atoms with Crippen molar-refractivity contribution in [2.45, 2.75) is 13.8 Å². The van der Waals surface area contributed by atoms with Gasteiger partial charge in [-0.05, 0) is 44.2 Å². The van der Waals surface area contributed by atoms with E-state index in [2.05, 4.69) is 15.9 Å². The molecule has 2 aromatic carbocycles. The van der Waals surface area contributed by atoms with Crippen LogP contribution in [0.15, 0.2) is 40.9 Å². The van der Waals surface area contributed by atoms with E-state index in [9.17, 15) is 4.79 Å². The van der Waals surface area contributed by atoms with E-state index in [-0.39, 0.29) is 5.78 Å². The van der Waals surface area contributed by atoms with Crippen molar-refractivity contribution < 1.29 is 4.79 Å². The van der Waals surface area contributed by atoms with Crippen molar-refractivity contribution in [3.63, 3.8) is 0 Å². The second-order valence-corrected chi connectivity index (χ2v) is 5.39. The molecule has 0 radical (unpaired) electrons. The lowest BCUT2D eigenvalue weighted by Gasteiger charge is -2.06. The fourth-order valence-corrected chi connectivity index (χ4v) is 2.53. The van der Waals surface area contributed by atoms with Gasteiger partial charge in [0.2, 0.25) is 0 Å². The summed E-state index contributed by atoms with van der Waals surface area (Å²) in [5.74, 6) is -0.00481. The minimum Gasteiger partial charge on any atom is -0.399 e. The maximum Gasteiger partial charge on any atom is 0.193 e. The molecule has 0 fully saturated rings. The van der Waals surface area contributed by atoms with Crippen molar-refractivity contribution in [2.24, 2.45) is 0 Å². The topological polar surface area (TPSA) is 43.1 Å². The Labute approximate surface area is 115 Å². The fraction of sp³-hybridized carbons (Fsp3) is 0.133. The first-order valence-corrected chi connectivity index (χ1v) is 6.44. The highest BCUT2D eigenvalue weighted by Gasteiger charge is 2.11. The maximum absolute atomic E-state index is 12.4. The molecule has 2 nitrogen and oxygen atoms in total. The Kier molecular flexibility index (Phi) is 3.53. The lowest BCUT2D eigenvalue weighted by molar-refractivity contribution is 0.103. The van der Waals surface area contributed by atoms with Gasteiger partial charge >= 0.3 is 0 Å². The summed E-state index contributed by atoms with van der Waals surface area (Å²) in [4.78, 5) is 12.4. The van der Waals surface area contributed by atoms with E-state index < -0.39 is 0 Å². The average Bonchev–Trinajstić information content (AvgIpc) is 2.25. The van der Waals surface area contributed by atoms with Crippen LogP contribution in [0, 0.1) is 13.8 Å². The molecule has 2 rings (SSSR count). The highest BCUT2D eigenvalue weighted by Crippen LogP contribution is 2.21. The number of nitrogens with two attached hydrogens (primary N) is 1. The SMILES string of the molecule is Cc1cc(C)cc(C(=O)c2cc(N)cc(Br)c2)c1. The summed E-state index contributed by atoms with van der Waals surface area (Å²) in [6, 6.07) is 11.1. The minimum atomic E-state index is -0.00481. The monoisotopic (exact) mass is 303 g/mol. The van der Waals surface area contributed by atoms with Gasteiger partial charge in [-0.15, -0.1) is 0 Å². The van der Waals surface area contributed by atoms with E-state index in [0.717, 1.165) is 15.6 Å². The summed E-state index contributed by atoms with van der Waals surface area (Å²) in [5.41, 5.74) is 9.81. The second-order valence-electron chi connectivity index (χ2n) is 4.48. The molecule has 0 aromatic heterocycles. The van der Waals surface area contributed by atoms with Crippen LogP contribution in [0.25, 0.3) is 0 Å². The first-order valence-electron chi connectivity index (χ1n) is 5.65. The minimum absolute atomic E-state index is 0.00481. The Bertz CT molecular complexity index is 526. The van der Waals surface area contributed by atoms with Crippen molar-refractivity contribution in [3.05, 3.63) is 63.1 Å². The third kappa shape index (κ3) is 2.79. The molecular formula is C15H14BrNO. The number of benzene rings is 2. The predicted molar refractivity (Wildman–Crippen MR) is 77.9 cm³/mol. The predicted octanol–water partition coefficient (Wildman–Crippen LogP) is 3.88. The Morgan fingerprint density at radius 2 is 1.50 bits per heavy atom. The number of aryl methyl sites for hydroxylation is 2. The van der Waals surface area contributed by atoms with E-state index in [1.807, 2.05) is 32.0 Å². The number of rotatable bonds is 2. The van der Waals surface area contributed by atoms with Gasteiger partial charge in [-0.25, -0.2) is 0 Å². The molecule has 0 spiro atoms. The van der Waals surface area contributed by atoms with Crippen LogP contribution in [0.5, 0.6) is 0 Å². The third-order valence-electron chi connectivity index (χ3n) is 2.67. The number of hydrogen-bond donors (Lipinski definition) is 1. The maximum atomic E-state index is 12.4. The molecule has 3 heteroatoms. The lowest BCUT2D eigenvalue weighted by atomic mass is 9.99. The standard InChI is InChI=1S/C15H14BrNO/c1-9-3-10(2)5-11(4-9)15(18)12-6-13(16)8-14(17)7-12/h3-8H,17H2,1-2H3. The van der Waals surface area contributed by atoms with Gasteiger partial charge < -0.3 is 5.73 Å². The zero-order valence-electron chi connectivity index (χ0n) is 10.3. The number of hydrogen-bond acceptors (Lipinski definition) is 2. The van der Waals surface area contributed by atoms with E-state index >= 15 is 0 Å². The molecule has 0 atom stereocenters. The summed E-state index contributed by atoms with van der Waals surface area (Å²) < 4.78 is 0.815. The summed E-state index contributed by atoms with van der Waals surface area (Å²) in [6.45, 7) is 3.97. The van der Waals surface area contributed by atoms with Crippen molar-refractivity contribution in [1.29, 1.82) is 0 Å². The molecule has 2 N–H and O–H groups in total. The van der Waals surface area contributed by atoms with Gasteiger partial charge in [-0.1, -0.05) is 33.1 Å². The van der Waals surface area contributed by atoms with Crippen LogP contribution in [0.3, 0.4) is 0 Å². The van der Waals surface area contributed by atoms with Gasteiger partial charge in [-0.2, -0.15) is 0 Å². The Hall–Kier alpha value is -1.61. The van der Waals surface area contributed by atoms with Gasteiger partial charge in [0.05, 0.1) is 0 Å². The van der Waals surface area contributed by atoms with E-state index in [1.54, 1.807) is 18.2 Å². The van der Waals surface area contributed by atoms with E-state index in [1.165, 1.54) is 0 Å². The van der Waals surface area contributed by atoms with Crippen LogP contribution in [0.1, 0.15) is 27.0 Å². The Morgan fingerprint density at radius 3 is 2.06 bits per heavy atom. The molecule has 0 saturated heterocycles. The quantitative estimate of drug-likeness (QED) is 0.676. The summed E-state index contributed by atoms with van der Waals surface area (Å²) in [7, 11) is 0. The van der Waals surface area contributed by atoms with Crippen molar-refractivity contribution in [3.8, 4) is 0 Å². The molecular weight excluding hydrogens is 290 g/mol. The lowest BCUT2D eigenvalue weighted by Crippen LogP contribution is -2.03. The van der Waals surface area contributed by atoms with Gasteiger partial charge in [-0.3, -0.25) is 4.79 Å². The number of carbonyl (C=O) groups excluding carboxylic acids is 1. The second kappa shape index (κ2) is 4.94. The number of halogens is 1. The van der Waals surface area contributed by atoms with Gasteiger partial charge in [0.15, 0.2) is 5.78 Å². The highest BCUT2D eigenvalue weighted by atomic mass is 79.9. The van der Waals surface area contributed by atoms with Gasteiger partial charge in [0, 0.05) is 21.3 Å². The third-order valence-corrected chi connectivity index (χ3v) is 3.12. The zero-order chi connectivity index (χ0) is 13.3. The molecule has 2 aromatic rings. The summed E-state index contributed by atoms with van der Waals surface area (Å²) in [5, 5.41) is 0. The highest BCUT2D eigenvalue weighted by molar-refractivity contribution is 9.10. The number of carbonyl (C=O) groups is 1.